The molecule has 0 saturated carbocycles. The molecule has 0 fully saturated rings. The van der Waals surface area contributed by atoms with Crippen LogP contribution in [-0.2, 0) is 9.59 Å². The second-order valence-corrected chi connectivity index (χ2v) is 7.84. The molecule has 3 rings (SSSR count). The molecule has 34 heavy (non-hydrogen) atoms. The summed E-state index contributed by atoms with van der Waals surface area (Å²) in [7, 11) is 0. The Labute approximate surface area is 199 Å². The number of esters is 1. The van der Waals surface area contributed by atoms with Crippen LogP contribution in [0.15, 0.2) is 66.7 Å². The smallest absolute Gasteiger partial charge is 0.308 e. The molecular formula is C27H28N2O5. The quantitative estimate of drug-likeness (QED) is 0.257. The van der Waals surface area contributed by atoms with E-state index >= 15 is 0 Å². The zero-order valence-corrected chi connectivity index (χ0v) is 19.5. The molecule has 0 aliphatic rings. The molecule has 7 heteroatoms. The first kappa shape index (κ1) is 24.5. The van der Waals surface area contributed by atoms with Crippen molar-refractivity contribution in [3.05, 3.63) is 83.4 Å². The van der Waals surface area contributed by atoms with Gasteiger partial charge in [-0.15, -0.1) is 0 Å². The van der Waals surface area contributed by atoms with Crippen molar-refractivity contribution < 1.29 is 23.9 Å². The summed E-state index contributed by atoms with van der Waals surface area (Å²) in [4.78, 5) is 36.4. The van der Waals surface area contributed by atoms with Crippen LogP contribution in [0.4, 0.5) is 11.4 Å². The summed E-state index contributed by atoms with van der Waals surface area (Å²) in [5.41, 5.74) is 3.40. The fourth-order valence-corrected chi connectivity index (χ4v) is 3.41. The van der Waals surface area contributed by atoms with E-state index in [-0.39, 0.29) is 18.1 Å². The highest BCUT2D eigenvalue weighted by atomic mass is 16.5. The van der Waals surface area contributed by atoms with Crippen molar-refractivity contribution in [3.8, 4) is 11.5 Å². The summed E-state index contributed by atoms with van der Waals surface area (Å²) in [6, 6.07) is 19.2. The predicted molar refractivity (Wildman–Crippen MR) is 131 cm³/mol. The minimum absolute atomic E-state index is 0.177. The molecule has 3 aromatic rings. The molecule has 0 atom stereocenters. The van der Waals surface area contributed by atoms with Gasteiger partial charge in [-0.05, 0) is 61.7 Å². The van der Waals surface area contributed by atoms with E-state index in [0.29, 0.717) is 30.0 Å². The zero-order valence-electron chi connectivity index (χ0n) is 19.5. The van der Waals surface area contributed by atoms with E-state index < -0.39 is 11.9 Å². The zero-order chi connectivity index (χ0) is 24.5. The predicted octanol–water partition coefficient (Wildman–Crippen LogP) is 5.28. The lowest BCUT2D eigenvalue weighted by Crippen LogP contribution is -2.17. The summed E-state index contributed by atoms with van der Waals surface area (Å²) >= 11 is 0. The van der Waals surface area contributed by atoms with Crippen molar-refractivity contribution in [1.29, 1.82) is 0 Å². The summed E-state index contributed by atoms with van der Waals surface area (Å²) in [6.07, 6.45) is 0.828. The third-order valence-electron chi connectivity index (χ3n) is 5.01. The van der Waals surface area contributed by atoms with E-state index in [4.69, 9.17) is 9.47 Å². The van der Waals surface area contributed by atoms with Crippen LogP contribution in [0, 0.1) is 13.8 Å². The Bertz CT molecular complexity index is 1170. The van der Waals surface area contributed by atoms with Gasteiger partial charge in [0.25, 0.3) is 5.91 Å². The Kier molecular flexibility index (Phi) is 8.40. The van der Waals surface area contributed by atoms with E-state index in [1.807, 2.05) is 32.0 Å². The number of carbonyl (C=O) groups is 3. The van der Waals surface area contributed by atoms with Crippen molar-refractivity contribution in [2.45, 2.75) is 33.6 Å². The molecule has 176 valence electrons. The topological polar surface area (TPSA) is 93.7 Å². The van der Waals surface area contributed by atoms with Crippen molar-refractivity contribution in [2.24, 2.45) is 0 Å². The molecule has 3 aromatic carbocycles. The summed E-state index contributed by atoms with van der Waals surface area (Å²) in [5.74, 6) is 0.102. The van der Waals surface area contributed by atoms with Crippen LogP contribution >= 0.6 is 0 Å². The average Bonchev–Trinajstić information content (AvgIpc) is 2.79. The SMILES string of the molecule is CC(=O)Oc1cccc(C(=O)Nc2ccccc2NC(=O)CCCOc2c(C)cccc2C)c1. The molecule has 2 amide bonds. The van der Waals surface area contributed by atoms with Gasteiger partial charge in [-0.1, -0.05) is 36.4 Å². The van der Waals surface area contributed by atoms with Crippen LogP contribution in [0.2, 0.25) is 0 Å². The number of aryl methyl sites for hydroxylation is 2. The van der Waals surface area contributed by atoms with Crippen molar-refractivity contribution in [2.75, 3.05) is 17.2 Å². The Morgan fingerprint density at radius 3 is 2.15 bits per heavy atom. The largest absolute Gasteiger partial charge is 0.493 e. The molecule has 0 spiro atoms. The Morgan fingerprint density at radius 2 is 1.47 bits per heavy atom. The summed E-state index contributed by atoms with van der Waals surface area (Å²) in [6.45, 7) is 5.71. The van der Waals surface area contributed by atoms with E-state index in [1.54, 1.807) is 42.5 Å². The number of hydrogen-bond acceptors (Lipinski definition) is 5. The molecule has 7 nitrogen and oxygen atoms in total. The maximum absolute atomic E-state index is 12.7. The fourth-order valence-electron chi connectivity index (χ4n) is 3.41. The molecule has 2 N–H and O–H groups in total. The lowest BCUT2D eigenvalue weighted by molar-refractivity contribution is -0.131. The van der Waals surface area contributed by atoms with Gasteiger partial charge in [0, 0.05) is 18.9 Å². The Hall–Kier alpha value is -4.13. The van der Waals surface area contributed by atoms with Crippen LogP contribution < -0.4 is 20.1 Å². The highest BCUT2D eigenvalue weighted by Gasteiger charge is 2.12. The van der Waals surface area contributed by atoms with Gasteiger partial charge in [-0.25, -0.2) is 0 Å². The molecule has 0 radical (unpaired) electrons. The Morgan fingerprint density at radius 1 is 0.824 bits per heavy atom. The number of benzene rings is 3. The van der Waals surface area contributed by atoms with Crippen LogP contribution in [-0.4, -0.2) is 24.4 Å². The lowest BCUT2D eigenvalue weighted by atomic mass is 10.1. The number of anilines is 2. The van der Waals surface area contributed by atoms with Crippen LogP contribution in [0.1, 0.15) is 41.3 Å². The van der Waals surface area contributed by atoms with Gasteiger partial charge in [0.1, 0.15) is 11.5 Å². The first-order valence-electron chi connectivity index (χ1n) is 11.0. The Balaban J connectivity index is 1.56. The van der Waals surface area contributed by atoms with E-state index in [1.165, 1.54) is 13.0 Å². The van der Waals surface area contributed by atoms with Gasteiger partial charge in [0.05, 0.1) is 18.0 Å². The number of carbonyl (C=O) groups excluding carboxylic acids is 3. The minimum atomic E-state index is -0.468. The number of ether oxygens (including phenoxy) is 2. The molecule has 0 aliphatic heterocycles. The average molecular weight is 461 g/mol. The number of amides is 2. The first-order valence-corrected chi connectivity index (χ1v) is 11.0. The molecule has 0 aromatic heterocycles. The molecule has 0 unspecified atom stereocenters. The van der Waals surface area contributed by atoms with Gasteiger partial charge in [0.2, 0.25) is 5.91 Å². The molecule has 0 aliphatic carbocycles. The third-order valence-corrected chi connectivity index (χ3v) is 5.01. The summed E-state index contributed by atoms with van der Waals surface area (Å²) in [5, 5.41) is 5.64. The molecule has 0 heterocycles. The maximum atomic E-state index is 12.7. The second-order valence-electron chi connectivity index (χ2n) is 7.84. The standard InChI is InChI=1S/C27H28N2O5/c1-18-9-6-10-19(2)26(18)33-16-8-15-25(31)28-23-13-4-5-14-24(23)29-27(32)21-11-7-12-22(17-21)34-20(3)30/h4-7,9-14,17H,8,15-16H2,1-3H3,(H,28,31)(H,29,32). The van der Waals surface area contributed by atoms with Gasteiger partial charge in [0.15, 0.2) is 0 Å². The third kappa shape index (κ3) is 6.93. The fraction of sp³-hybridized carbons (Fsp3) is 0.222. The van der Waals surface area contributed by atoms with Crippen LogP contribution in [0.3, 0.4) is 0 Å². The number of hydrogen-bond donors (Lipinski definition) is 2. The number of nitrogens with one attached hydrogen (secondary N) is 2. The van der Waals surface area contributed by atoms with Crippen molar-refractivity contribution in [1.82, 2.24) is 0 Å². The number of rotatable bonds is 9. The van der Waals surface area contributed by atoms with E-state index in [9.17, 15) is 14.4 Å². The monoisotopic (exact) mass is 460 g/mol. The first-order chi connectivity index (χ1) is 16.3. The van der Waals surface area contributed by atoms with E-state index in [2.05, 4.69) is 10.6 Å². The van der Waals surface area contributed by atoms with Gasteiger partial charge < -0.3 is 20.1 Å². The highest BCUT2D eigenvalue weighted by molar-refractivity contribution is 6.07. The normalized spacial score (nSPS) is 10.3. The second kappa shape index (κ2) is 11.7. The van der Waals surface area contributed by atoms with E-state index in [0.717, 1.165) is 16.9 Å². The van der Waals surface area contributed by atoms with Crippen LogP contribution in [0.25, 0.3) is 0 Å². The molecule has 0 saturated heterocycles. The maximum Gasteiger partial charge on any atom is 0.308 e. The summed E-state index contributed by atoms with van der Waals surface area (Å²) < 4.78 is 10.9. The van der Waals surface area contributed by atoms with Gasteiger partial charge in [-0.3, -0.25) is 14.4 Å². The number of para-hydroxylation sites is 3. The minimum Gasteiger partial charge on any atom is -0.493 e. The highest BCUT2D eigenvalue weighted by Crippen LogP contribution is 2.24. The van der Waals surface area contributed by atoms with Crippen LogP contribution in [0.5, 0.6) is 11.5 Å². The molecule has 0 bridgehead atoms. The lowest BCUT2D eigenvalue weighted by Gasteiger charge is -2.14. The van der Waals surface area contributed by atoms with Crippen molar-refractivity contribution >= 4 is 29.2 Å². The van der Waals surface area contributed by atoms with Gasteiger partial charge in [-0.2, -0.15) is 0 Å². The molecular weight excluding hydrogens is 432 g/mol. The van der Waals surface area contributed by atoms with Gasteiger partial charge >= 0.3 is 5.97 Å². The van der Waals surface area contributed by atoms with Crippen molar-refractivity contribution in [3.63, 3.8) is 0 Å².